The summed E-state index contributed by atoms with van der Waals surface area (Å²) in [4.78, 5) is 11.3. The van der Waals surface area contributed by atoms with E-state index in [0.717, 1.165) is 0 Å². The summed E-state index contributed by atoms with van der Waals surface area (Å²) in [7, 11) is 2.59. The number of benzene rings is 1. The van der Waals surface area contributed by atoms with Gasteiger partial charge in [0.15, 0.2) is 5.69 Å². The molecule has 0 spiro atoms. The van der Waals surface area contributed by atoms with Crippen molar-refractivity contribution in [2.45, 2.75) is 4.90 Å². The van der Waals surface area contributed by atoms with Gasteiger partial charge in [-0.1, -0.05) is 0 Å². The molecule has 1 N–H and O–H groups in total. The lowest BCUT2D eigenvalue weighted by Crippen LogP contribution is -2.02. The summed E-state index contributed by atoms with van der Waals surface area (Å²) in [5.41, 5.74) is 0.541. The van der Waals surface area contributed by atoms with Crippen LogP contribution in [0.1, 0.15) is 10.5 Å². The van der Waals surface area contributed by atoms with Crippen LogP contribution in [-0.4, -0.2) is 31.7 Å². The Labute approximate surface area is 101 Å². The molecule has 0 aliphatic carbocycles. The maximum atomic E-state index is 11.4. The highest BCUT2D eigenvalue weighted by molar-refractivity contribution is 8.13. The van der Waals surface area contributed by atoms with Crippen molar-refractivity contribution in [1.29, 1.82) is 0 Å². The first-order valence-corrected chi connectivity index (χ1v) is 6.75. The van der Waals surface area contributed by atoms with Crippen molar-refractivity contribution in [3.05, 3.63) is 23.9 Å². The Bertz CT molecular complexity index is 692. The molecule has 0 radical (unpaired) electrons. The average Bonchev–Trinajstić information content (AvgIpc) is 2.69. The molecule has 0 saturated heterocycles. The number of hydrogen-bond donors (Lipinski definition) is 1. The zero-order valence-electron chi connectivity index (χ0n) is 8.60. The number of H-pyrrole nitrogens is 1. The second-order valence-electron chi connectivity index (χ2n) is 3.21. The van der Waals surface area contributed by atoms with E-state index >= 15 is 0 Å². The normalized spacial score (nSPS) is 11.6. The first-order valence-electron chi connectivity index (χ1n) is 4.44. The summed E-state index contributed by atoms with van der Waals surface area (Å²) in [5, 5.41) is 6.69. The Morgan fingerprint density at radius 2 is 2.18 bits per heavy atom. The van der Waals surface area contributed by atoms with Gasteiger partial charge in [-0.3, -0.25) is 5.10 Å². The minimum atomic E-state index is -3.84. The molecule has 0 atom stereocenters. The SMILES string of the molecule is COC(=O)c1n[nH]c2ccc(S(=O)(=O)Cl)cc12. The number of carbonyl (C=O) groups excluding carboxylic acids is 1. The van der Waals surface area contributed by atoms with Crippen molar-refractivity contribution in [3.8, 4) is 0 Å². The van der Waals surface area contributed by atoms with Gasteiger partial charge in [0.25, 0.3) is 9.05 Å². The number of ether oxygens (including phenoxy) is 1. The van der Waals surface area contributed by atoms with Gasteiger partial charge < -0.3 is 4.74 Å². The number of methoxy groups -OCH3 is 1. The Morgan fingerprint density at radius 1 is 1.47 bits per heavy atom. The fourth-order valence-electron chi connectivity index (χ4n) is 1.40. The van der Waals surface area contributed by atoms with E-state index in [1.54, 1.807) is 0 Å². The highest BCUT2D eigenvalue weighted by Crippen LogP contribution is 2.23. The van der Waals surface area contributed by atoms with Crippen LogP contribution < -0.4 is 0 Å². The highest BCUT2D eigenvalue weighted by Gasteiger charge is 2.17. The summed E-state index contributed by atoms with van der Waals surface area (Å²) >= 11 is 0. The molecule has 2 rings (SSSR count). The summed E-state index contributed by atoms with van der Waals surface area (Å²) in [5.74, 6) is -0.652. The van der Waals surface area contributed by atoms with Crippen molar-refractivity contribution in [3.63, 3.8) is 0 Å². The molecule has 0 amide bonds. The van der Waals surface area contributed by atoms with Crippen molar-refractivity contribution in [2.75, 3.05) is 7.11 Å². The predicted octanol–water partition coefficient (Wildman–Crippen LogP) is 1.28. The smallest absolute Gasteiger partial charge is 0.359 e. The Hall–Kier alpha value is -1.60. The zero-order valence-corrected chi connectivity index (χ0v) is 10.2. The van der Waals surface area contributed by atoms with E-state index in [0.29, 0.717) is 10.9 Å². The quantitative estimate of drug-likeness (QED) is 0.658. The van der Waals surface area contributed by atoms with Crippen LogP contribution >= 0.6 is 10.7 Å². The van der Waals surface area contributed by atoms with Gasteiger partial charge in [-0.15, -0.1) is 0 Å². The van der Waals surface area contributed by atoms with E-state index in [4.69, 9.17) is 10.7 Å². The molecule has 8 heteroatoms. The molecule has 0 unspecified atom stereocenters. The summed E-state index contributed by atoms with van der Waals surface area (Å²) in [6.07, 6.45) is 0. The number of fused-ring (bicyclic) bond motifs is 1. The van der Waals surface area contributed by atoms with Crippen molar-refractivity contribution < 1.29 is 17.9 Å². The second-order valence-corrected chi connectivity index (χ2v) is 5.77. The van der Waals surface area contributed by atoms with Crippen LogP contribution in [0.15, 0.2) is 23.1 Å². The van der Waals surface area contributed by atoms with Crippen LogP contribution in [0.3, 0.4) is 0 Å². The topological polar surface area (TPSA) is 89.1 Å². The Balaban J connectivity index is 2.71. The van der Waals surface area contributed by atoms with Gasteiger partial charge in [0, 0.05) is 16.1 Å². The predicted molar refractivity (Wildman–Crippen MR) is 60.5 cm³/mol. The van der Waals surface area contributed by atoms with E-state index in [1.807, 2.05) is 0 Å². The molecule has 1 aromatic heterocycles. The van der Waals surface area contributed by atoms with Crippen LogP contribution in [0.2, 0.25) is 0 Å². The molecule has 0 aliphatic heterocycles. The summed E-state index contributed by atoms with van der Waals surface area (Å²) in [6, 6.07) is 4.07. The first kappa shape index (κ1) is 11.9. The summed E-state index contributed by atoms with van der Waals surface area (Å²) < 4.78 is 26.9. The molecule has 17 heavy (non-hydrogen) atoms. The van der Waals surface area contributed by atoms with Gasteiger partial charge in [-0.2, -0.15) is 5.10 Å². The van der Waals surface area contributed by atoms with E-state index in [1.165, 1.54) is 25.3 Å². The van der Waals surface area contributed by atoms with Crippen molar-refractivity contribution in [2.24, 2.45) is 0 Å². The maximum Gasteiger partial charge on any atom is 0.359 e. The van der Waals surface area contributed by atoms with Gasteiger partial charge in [0.1, 0.15) is 0 Å². The number of esters is 1. The Kier molecular flexibility index (Phi) is 2.80. The Morgan fingerprint density at radius 3 is 2.76 bits per heavy atom. The summed E-state index contributed by atoms with van der Waals surface area (Å²) in [6.45, 7) is 0. The number of nitrogens with zero attached hydrogens (tertiary/aromatic N) is 1. The van der Waals surface area contributed by atoms with Crippen LogP contribution in [0.5, 0.6) is 0 Å². The number of hydrogen-bond acceptors (Lipinski definition) is 5. The van der Waals surface area contributed by atoms with E-state index < -0.39 is 15.0 Å². The fourth-order valence-corrected chi connectivity index (χ4v) is 2.17. The largest absolute Gasteiger partial charge is 0.464 e. The number of halogens is 1. The first-order chi connectivity index (χ1) is 7.93. The van der Waals surface area contributed by atoms with E-state index in [9.17, 15) is 13.2 Å². The third-order valence-electron chi connectivity index (χ3n) is 2.19. The van der Waals surface area contributed by atoms with Crippen LogP contribution in [0, 0.1) is 0 Å². The number of carbonyl (C=O) groups is 1. The third-order valence-corrected chi connectivity index (χ3v) is 3.55. The lowest BCUT2D eigenvalue weighted by atomic mass is 10.2. The number of aromatic amines is 1. The highest BCUT2D eigenvalue weighted by atomic mass is 35.7. The lowest BCUT2D eigenvalue weighted by molar-refractivity contribution is 0.0596. The van der Waals surface area contributed by atoms with Crippen molar-refractivity contribution >= 4 is 36.6 Å². The van der Waals surface area contributed by atoms with Gasteiger partial charge in [-0.05, 0) is 18.2 Å². The van der Waals surface area contributed by atoms with Gasteiger partial charge >= 0.3 is 5.97 Å². The number of rotatable bonds is 2. The lowest BCUT2D eigenvalue weighted by Gasteiger charge is -1.97. The van der Waals surface area contributed by atoms with Crippen LogP contribution in [0.4, 0.5) is 0 Å². The molecular weight excluding hydrogens is 268 g/mol. The van der Waals surface area contributed by atoms with E-state index in [-0.39, 0.29) is 10.6 Å². The molecule has 90 valence electrons. The molecule has 1 aromatic carbocycles. The molecule has 0 aliphatic rings. The van der Waals surface area contributed by atoms with Crippen molar-refractivity contribution in [1.82, 2.24) is 10.2 Å². The number of nitrogens with one attached hydrogen (secondary N) is 1. The molecule has 0 saturated carbocycles. The number of aromatic nitrogens is 2. The molecule has 0 fully saturated rings. The zero-order chi connectivity index (χ0) is 12.6. The molecule has 6 nitrogen and oxygen atoms in total. The average molecular weight is 275 g/mol. The third kappa shape index (κ3) is 2.11. The van der Waals surface area contributed by atoms with Crippen LogP contribution in [-0.2, 0) is 13.8 Å². The molecular formula is C9H7ClN2O4S. The van der Waals surface area contributed by atoms with Gasteiger partial charge in [-0.25, -0.2) is 13.2 Å². The van der Waals surface area contributed by atoms with E-state index in [2.05, 4.69) is 14.9 Å². The van der Waals surface area contributed by atoms with Gasteiger partial charge in [0.05, 0.1) is 17.5 Å². The second kappa shape index (κ2) is 4.01. The van der Waals surface area contributed by atoms with Crippen LogP contribution in [0.25, 0.3) is 10.9 Å². The standard InChI is InChI=1S/C9H7ClN2O4S/c1-16-9(13)8-6-4-5(17(10,14)15)2-3-7(6)11-12-8/h2-4H,1H3,(H,11,12). The molecule has 2 aromatic rings. The molecule has 0 bridgehead atoms. The molecule has 1 heterocycles. The van der Waals surface area contributed by atoms with Gasteiger partial charge in [0.2, 0.25) is 0 Å². The maximum absolute atomic E-state index is 11.4. The monoisotopic (exact) mass is 274 g/mol. The fraction of sp³-hybridized carbons (Fsp3) is 0.111. The minimum Gasteiger partial charge on any atom is -0.464 e. The minimum absolute atomic E-state index is 0.0182.